The standard InChI is InChI=1S/C13H14ClNO2.C2H2O4/c14-11-3-5-12(6-4-11)17-9-7-15-10-13-2-1-8-16-13;3-1(4)2(5)6/h1-6,8,15H,7,9-10H2;(H,3,4)(H,5,6). The predicted molar refractivity (Wildman–Crippen MR) is 82.6 cm³/mol. The number of hydrogen-bond donors (Lipinski definition) is 3. The van der Waals surface area contributed by atoms with Crippen molar-refractivity contribution < 1.29 is 29.0 Å². The van der Waals surface area contributed by atoms with Crippen molar-refractivity contribution in [2.75, 3.05) is 13.2 Å². The summed E-state index contributed by atoms with van der Waals surface area (Å²) in [5.74, 6) is -1.89. The Bertz CT molecular complexity index is 585. The zero-order chi connectivity index (χ0) is 17.1. The third kappa shape index (κ3) is 8.50. The van der Waals surface area contributed by atoms with Gasteiger partial charge in [-0.25, -0.2) is 9.59 Å². The van der Waals surface area contributed by atoms with Gasteiger partial charge >= 0.3 is 11.9 Å². The van der Waals surface area contributed by atoms with Crippen molar-refractivity contribution in [3.05, 3.63) is 53.4 Å². The summed E-state index contributed by atoms with van der Waals surface area (Å²) < 4.78 is 10.7. The molecule has 23 heavy (non-hydrogen) atoms. The molecule has 0 radical (unpaired) electrons. The monoisotopic (exact) mass is 341 g/mol. The molecule has 0 aliphatic rings. The minimum Gasteiger partial charge on any atom is -0.492 e. The van der Waals surface area contributed by atoms with Crippen molar-refractivity contribution in [1.82, 2.24) is 5.32 Å². The molecule has 124 valence electrons. The molecule has 0 saturated heterocycles. The lowest BCUT2D eigenvalue weighted by Gasteiger charge is -2.06. The van der Waals surface area contributed by atoms with Crippen LogP contribution in [0.4, 0.5) is 0 Å². The summed E-state index contributed by atoms with van der Waals surface area (Å²) in [7, 11) is 0. The highest BCUT2D eigenvalue weighted by Gasteiger charge is 2.04. The average Bonchev–Trinajstić information content (AvgIpc) is 3.02. The van der Waals surface area contributed by atoms with E-state index < -0.39 is 11.9 Å². The van der Waals surface area contributed by atoms with Crippen LogP contribution in [0.2, 0.25) is 5.02 Å². The predicted octanol–water partition coefficient (Wildman–Crippen LogP) is 2.26. The number of rotatable bonds is 6. The van der Waals surface area contributed by atoms with E-state index in [0.29, 0.717) is 11.6 Å². The Morgan fingerprint density at radius 2 is 1.78 bits per heavy atom. The maximum absolute atomic E-state index is 9.10. The van der Waals surface area contributed by atoms with Gasteiger partial charge < -0.3 is 24.7 Å². The zero-order valence-electron chi connectivity index (χ0n) is 12.1. The molecule has 3 N–H and O–H groups in total. The average molecular weight is 342 g/mol. The van der Waals surface area contributed by atoms with Crippen LogP contribution in [0, 0.1) is 0 Å². The molecular formula is C15H16ClNO6. The van der Waals surface area contributed by atoms with Crippen molar-refractivity contribution >= 4 is 23.5 Å². The summed E-state index contributed by atoms with van der Waals surface area (Å²) in [6.45, 7) is 2.10. The third-order valence-corrected chi connectivity index (χ3v) is 2.68. The third-order valence-electron chi connectivity index (χ3n) is 2.42. The Labute approximate surface area is 137 Å². The van der Waals surface area contributed by atoms with Crippen molar-refractivity contribution in [1.29, 1.82) is 0 Å². The van der Waals surface area contributed by atoms with Crippen LogP contribution in [0.15, 0.2) is 47.1 Å². The minimum absolute atomic E-state index is 0.613. The molecule has 0 fully saturated rings. The quantitative estimate of drug-likeness (QED) is 0.546. The first-order valence-electron chi connectivity index (χ1n) is 6.56. The normalized spacial score (nSPS) is 9.61. The Morgan fingerprint density at radius 3 is 2.30 bits per heavy atom. The van der Waals surface area contributed by atoms with Gasteiger partial charge in [-0.05, 0) is 36.4 Å². The maximum atomic E-state index is 9.10. The van der Waals surface area contributed by atoms with Gasteiger partial charge in [0.15, 0.2) is 0 Å². The molecule has 1 aromatic carbocycles. The summed E-state index contributed by atoms with van der Waals surface area (Å²) in [4.78, 5) is 18.2. The molecule has 0 atom stereocenters. The molecule has 2 aromatic rings. The molecule has 2 rings (SSSR count). The highest BCUT2D eigenvalue weighted by atomic mass is 35.5. The second-order valence-electron chi connectivity index (χ2n) is 4.17. The second-order valence-corrected chi connectivity index (χ2v) is 4.61. The van der Waals surface area contributed by atoms with Crippen LogP contribution in [-0.4, -0.2) is 35.3 Å². The van der Waals surface area contributed by atoms with E-state index >= 15 is 0 Å². The van der Waals surface area contributed by atoms with Gasteiger partial charge in [0, 0.05) is 11.6 Å². The van der Waals surface area contributed by atoms with E-state index in [1.54, 1.807) is 6.26 Å². The molecular weight excluding hydrogens is 326 g/mol. The minimum atomic E-state index is -1.82. The second kappa shape index (κ2) is 10.3. The van der Waals surface area contributed by atoms with Gasteiger partial charge in [0.25, 0.3) is 0 Å². The Kier molecular flexibility index (Phi) is 8.27. The first kappa shape index (κ1) is 18.5. The molecule has 0 saturated carbocycles. The van der Waals surface area contributed by atoms with Crippen molar-refractivity contribution in [3.8, 4) is 5.75 Å². The lowest BCUT2D eigenvalue weighted by molar-refractivity contribution is -0.159. The highest BCUT2D eigenvalue weighted by molar-refractivity contribution is 6.30. The van der Waals surface area contributed by atoms with Crippen LogP contribution in [-0.2, 0) is 16.1 Å². The smallest absolute Gasteiger partial charge is 0.414 e. The molecule has 0 spiro atoms. The summed E-state index contributed by atoms with van der Waals surface area (Å²) >= 11 is 5.77. The number of carbonyl (C=O) groups is 2. The van der Waals surface area contributed by atoms with Gasteiger partial charge in [-0.1, -0.05) is 11.6 Å². The number of carboxylic acid groups (broad SMARTS) is 2. The first-order valence-corrected chi connectivity index (χ1v) is 6.94. The number of ether oxygens (including phenoxy) is 1. The summed E-state index contributed by atoms with van der Waals surface area (Å²) in [6, 6.07) is 11.2. The van der Waals surface area contributed by atoms with E-state index in [0.717, 1.165) is 24.6 Å². The van der Waals surface area contributed by atoms with Crippen LogP contribution in [0.25, 0.3) is 0 Å². The van der Waals surface area contributed by atoms with Gasteiger partial charge in [0.1, 0.15) is 18.1 Å². The molecule has 0 aliphatic heterocycles. The molecule has 0 bridgehead atoms. The van der Waals surface area contributed by atoms with E-state index in [2.05, 4.69) is 5.32 Å². The SMILES string of the molecule is Clc1ccc(OCCNCc2ccco2)cc1.O=C(O)C(=O)O. The van der Waals surface area contributed by atoms with E-state index in [-0.39, 0.29) is 0 Å². The lowest BCUT2D eigenvalue weighted by Crippen LogP contribution is -2.20. The Hall–Kier alpha value is -2.51. The number of furan rings is 1. The Balaban J connectivity index is 0.000000379. The number of carboxylic acids is 2. The van der Waals surface area contributed by atoms with Crippen LogP contribution >= 0.6 is 11.6 Å². The van der Waals surface area contributed by atoms with Crippen LogP contribution in [0.1, 0.15) is 5.76 Å². The van der Waals surface area contributed by atoms with Crippen LogP contribution in [0.3, 0.4) is 0 Å². The molecule has 0 amide bonds. The highest BCUT2D eigenvalue weighted by Crippen LogP contribution is 2.15. The molecule has 1 aromatic heterocycles. The fourth-order valence-corrected chi connectivity index (χ4v) is 1.52. The van der Waals surface area contributed by atoms with E-state index in [9.17, 15) is 0 Å². The summed E-state index contributed by atoms with van der Waals surface area (Å²) in [6.07, 6.45) is 1.67. The largest absolute Gasteiger partial charge is 0.492 e. The van der Waals surface area contributed by atoms with E-state index in [1.807, 2.05) is 36.4 Å². The number of nitrogens with one attached hydrogen (secondary N) is 1. The molecule has 0 unspecified atom stereocenters. The van der Waals surface area contributed by atoms with Crippen LogP contribution in [0.5, 0.6) is 5.75 Å². The number of halogens is 1. The lowest BCUT2D eigenvalue weighted by atomic mass is 10.3. The van der Waals surface area contributed by atoms with E-state index in [4.69, 9.17) is 40.6 Å². The fraction of sp³-hybridized carbons (Fsp3) is 0.200. The van der Waals surface area contributed by atoms with Crippen molar-refractivity contribution in [3.63, 3.8) is 0 Å². The summed E-state index contributed by atoms with van der Waals surface area (Å²) in [5, 5.41) is 18.7. The Morgan fingerprint density at radius 1 is 1.13 bits per heavy atom. The topological polar surface area (TPSA) is 109 Å². The fourth-order valence-electron chi connectivity index (χ4n) is 1.40. The van der Waals surface area contributed by atoms with Gasteiger partial charge in [-0.3, -0.25) is 0 Å². The molecule has 0 aliphatic carbocycles. The first-order chi connectivity index (χ1) is 11.0. The van der Waals surface area contributed by atoms with Gasteiger partial charge in [-0.15, -0.1) is 0 Å². The number of hydrogen-bond acceptors (Lipinski definition) is 5. The summed E-state index contributed by atoms with van der Waals surface area (Å²) in [5.41, 5.74) is 0. The number of aliphatic carboxylic acids is 2. The van der Waals surface area contributed by atoms with Gasteiger partial charge in [0.05, 0.1) is 12.8 Å². The molecule has 8 heteroatoms. The van der Waals surface area contributed by atoms with Crippen molar-refractivity contribution in [2.24, 2.45) is 0 Å². The molecule has 1 heterocycles. The molecule has 7 nitrogen and oxygen atoms in total. The van der Waals surface area contributed by atoms with Gasteiger partial charge in [-0.2, -0.15) is 0 Å². The van der Waals surface area contributed by atoms with Crippen molar-refractivity contribution in [2.45, 2.75) is 6.54 Å². The van der Waals surface area contributed by atoms with Crippen LogP contribution < -0.4 is 10.1 Å². The van der Waals surface area contributed by atoms with E-state index in [1.165, 1.54) is 0 Å². The van der Waals surface area contributed by atoms with Gasteiger partial charge in [0.2, 0.25) is 0 Å². The number of benzene rings is 1. The zero-order valence-corrected chi connectivity index (χ0v) is 12.8. The maximum Gasteiger partial charge on any atom is 0.414 e.